The van der Waals surface area contributed by atoms with E-state index in [1.807, 2.05) is 13.1 Å². The maximum Gasteiger partial charge on any atom is 0.347 e. The SMILES string of the molecule is CCCCCCNCCn1cc(C)cnc1=O. The van der Waals surface area contributed by atoms with E-state index in [1.165, 1.54) is 25.7 Å². The van der Waals surface area contributed by atoms with Crippen LogP contribution < -0.4 is 11.0 Å². The van der Waals surface area contributed by atoms with E-state index < -0.39 is 0 Å². The van der Waals surface area contributed by atoms with Gasteiger partial charge >= 0.3 is 5.69 Å². The summed E-state index contributed by atoms with van der Waals surface area (Å²) in [6.07, 6.45) is 8.54. The molecule has 0 spiro atoms. The highest BCUT2D eigenvalue weighted by Gasteiger charge is 1.96. The normalized spacial score (nSPS) is 10.7. The van der Waals surface area contributed by atoms with E-state index in [2.05, 4.69) is 17.2 Å². The van der Waals surface area contributed by atoms with Crippen LogP contribution in [0.3, 0.4) is 0 Å². The van der Waals surface area contributed by atoms with Gasteiger partial charge in [-0.05, 0) is 25.5 Å². The Morgan fingerprint density at radius 2 is 2.12 bits per heavy atom. The van der Waals surface area contributed by atoms with E-state index >= 15 is 0 Å². The molecule has 1 rings (SSSR count). The fourth-order valence-electron chi connectivity index (χ4n) is 1.73. The summed E-state index contributed by atoms with van der Waals surface area (Å²) in [4.78, 5) is 15.2. The molecule has 1 heterocycles. The first kappa shape index (κ1) is 13.9. The maximum atomic E-state index is 11.4. The van der Waals surface area contributed by atoms with Gasteiger partial charge in [-0.3, -0.25) is 4.57 Å². The molecule has 96 valence electrons. The first-order chi connectivity index (χ1) is 8.24. The second-order valence-electron chi connectivity index (χ2n) is 4.42. The molecule has 4 heteroatoms. The molecule has 0 radical (unpaired) electrons. The van der Waals surface area contributed by atoms with Crippen molar-refractivity contribution in [3.05, 3.63) is 28.4 Å². The second-order valence-corrected chi connectivity index (χ2v) is 4.42. The van der Waals surface area contributed by atoms with Crippen LogP contribution in [0.25, 0.3) is 0 Å². The molecule has 0 unspecified atom stereocenters. The van der Waals surface area contributed by atoms with Crippen molar-refractivity contribution in [1.82, 2.24) is 14.9 Å². The summed E-state index contributed by atoms with van der Waals surface area (Å²) in [5.74, 6) is 0. The van der Waals surface area contributed by atoms with Crippen molar-refractivity contribution in [2.45, 2.75) is 46.1 Å². The van der Waals surface area contributed by atoms with Gasteiger partial charge in [-0.15, -0.1) is 0 Å². The van der Waals surface area contributed by atoms with E-state index in [-0.39, 0.29) is 5.69 Å². The Labute approximate surface area is 103 Å². The summed E-state index contributed by atoms with van der Waals surface area (Å²) in [5.41, 5.74) is 0.857. The van der Waals surface area contributed by atoms with Crippen molar-refractivity contribution in [3.8, 4) is 0 Å². The summed E-state index contributed by atoms with van der Waals surface area (Å²) < 4.78 is 1.66. The number of aryl methyl sites for hydroxylation is 1. The second kappa shape index (κ2) is 8.01. The summed E-state index contributed by atoms with van der Waals surface area (Å²) in [5, 5.41) is 3.35. The summed E-state index contributed by atoms with van der Waals surface area (Å²) in [6.45, 7) is 6.72. The summed E-state index contributed by atoms with van der Waals surface area (Å²) in [7, 11) is 0. The van der Waals surface area contributed by atoms with Crippen LogP contribution in [0.1, 0.15) is 38.2 Å². The van der Waals surface area contributed by atoms with Crippen LogP contribution in [0.15, 0.2) is 17.2 Å². The molecule has 17 heavy (non-hydrogen) atoms. The number of rotatable bonds is 8. The van der Waals surface area contributed by atoms with Gasteiger partial charge in [-0.2, -0.15) is 0 Å². The first-order valence-electron chi connectivity index (χ1n) is 6.48. The number of unbranched alkanes of at least 4 members (excludes halogenated alkanes) is 3. The average Bonchev–Trinajstić information content (AvgIpc) is 2.32. The van der Waals surface area contributed by atoms with Gasteiger partial charge in [0.05, 0.1) is 0 Å². The van der Waals surface area contributed by atoms with E-state index in [1.54, 1.807) is 10.8 Å². The largest absolute Gasteiger partial charge is 0.347 e. The minimum atomic E-state index is -0.164. The van der Waals surface area contributed by atoms with Crippen molar-refractivity contribution in [1.29, 1.82) is 0 Å². The van der Waals surface area contributed by atoms with Gasteiger partial charge in [0.25, 0.3) is 0 Å². The van der Waals surface area contributed by atoms with E-state index in [4.69, 9.17) is 0 Å². The van der Waals surface area contributed by atoms with Crippen LogP contribution in [-0.2, 0) is 6.54 Å². The molecule has 0 fully saturated rings. The third-order valence-electron chi connectivity index (χ3n) is 2.72. The van der Waals surface area contributed by atoms with Gasteiger partial charge in [0.1, 0.15) is 0 Å². The van der Waals surface area contributed by atoms with Gasteiger partial charge in [0.15, 0.2) is 0 Å². The molecule has 1 N–H and O–H groups in total. The smallest absolute Gasteiger partial charge is 0.315 e. The van der Waals surface area contributed by atoms with Crippen molar-refractivity contribution in [2.75, 3.05) is 13.1 Å². The molecule has 1 aromatic rings. The number of aromatic nitrogens is 2. The Hall–Kier alpha value is -1.16. The highest BCUT2D eigenvalue weighted by atomic mass is 16.1. The van der Waals surface area contributed by atoms with Gasteiger partial charge < -0.3 is 5.32 Å². The predicted octanol–water partition coefficient (Wildman–Crippen LogP) is 1.72. The Bertz CT molecular complexity index is 373. The number of nitrogens with one attached hydrogen (secondary N) is 1. The topological polar surface area (TPSA) is 46.9 Å². The van der Waals surface area contributed by atoms with E-state index in [0.29, 0.717) is 6.54 Å². The molecule has 0 amide bonds. The zero-order valence-corrected chi connectivity index (χ0v) is 10.9. The van der Waals surface area contributed by atoms with Crippen LogP contribution in [-0.4, -0.2) is 22.6 Å². The molecular formula is C13H23N3O. The molecule has 0 bridgehead atoms. The predicted molar refractivity (Wildman–Crippen MR) is 70.2 cm³/mol. The lowest BCUT2D eigenvalue weighted by molar-refractivity contribution is 0.548. The van der Waals surface area contributed by atoms with E-state index in [0.717, 1.165) is 18.7 Å². The first-order valence-corrected chi connectivity index (χ1v) is 6.48. The minimum Gasteiger partial charge on any atom is -0.315 e. The Kier molecular flexibility index (Phi) is 6.55. The quantitative estimate of drug-likeness (QED) is 0.700. The van der Waals surface area contributed by atoms with Crippen molar-refractivity contribution < 1.29 is 0 Å². The van der Waals surface area contributed by atoms with Crippen molar-refractivity contribution in [3.63, 3.8) is 0 Å². The molecule has 4 nitrogen and oxygen atoms in total. The van der Waals surface area contributed by atoms with Crippen molar-refractivity contribution >= 4 is 0 Å². The lowest BCUT2D eigenvalue weighted by atomic mass is 10.2. The summed E-state index contributed by atoms with van der Waals surface area (Å²) >= 11 is 0. The Morgan fingerprint density at radius 1 is 1.29 bits per heavy atom. The Morgan fingerprint density at radius 3 is 2.88 bits per heavy atom. The third-order valence-corrected chi connectivity index (χ3v) is 2.72. The van der Waals surface area contributed by atoms with Gasteiger partial charge in [-0.1, -0.05) is 26.2 Å². The molecule has 0 saturated heterocycles. The maximum absolute atomic E-state index is 11.4. The minimum absolute atomic E-state index is 0.164. The fraction of sp³-hybridized carbons (Fsp3) is 0.692. The molecule has 0 aliphatic rings. The lowest BCUT2D eigenvalue weighted by Gasteiger charge is -2.07. The van der Waals surface area contributed by atoms with Gasteiger partial charge in [0, 0.05) is 25.5 Å². The van der Waals surface area contributed by atoms with E-state index in [9.17, 15) is 4.79 Å². The highest BCUT2D eigenvalue weighted by Crippen LogP contribution is 1.96. The molecule has 1 aromatic heterocycles. The monoisotopic (exact) mass is 237 g/mol. The molecule has 0 atom stereocenters. The van der Waals surface area contributed by atoms with Crippen LogP contribution >= 0.6 is 0 Å². The lowest BCUT2D eigenvalue weighted by Crippen LogP contribution is -2.28. The van der Waals surface area contributed by atoms with Crippen LogP contribution in [0, 0.1) is 6.92 Å². The summed E-state index contributed by atoms with van der Waals surface area (Å²) in [6, 6.07) is 0. The van der Waals surface area contributed by atoms with Crippen molar-refractivity contribution in [2.24, 2.45) is 0 Å². The molecule has 0 aliphatic heterocycles. The number of hydrogen-bond donors (Lipinski definition) is 1. The molecule has 0 saturated carbocycles. The Balaban J connectivity index is 2.18. The standard InChI is InChI=1S/C13H23N3O/c1-3-4-5-6-7-14-8-9-16-11-12(2)10-15-13(16)17/h10-11,14H,3-9H2,1-2H3. The zero-order chi connectivity index (χ0) is 12.5. The molecular weight excluding hydrogens is 214 g/mol. The highest BCUT2D eigenvalue weighted by molar-refractivity contribution is 4.99. The van der Waals surface area contributed by atoms with Gasteiger partial charge in [0.2, 0.25) is 0 Å². The number of hydrogen-bond acceptors (Lipinski definition) is 3. The zero-order valence-electron chi connectivity index (χ0n) is 10.9. The van der Waals surface area contributed by atoms with Crippen LogP contribution in [0.2, 0.25) is 0 Å². The van der Waals surface area contributed by atoms with Crippen LogP contribution in [0.5, 0.6) is 0 Å². The average molecular weight is 237 g/mol. The molecule has 0 aliphatic carbocycles. The number of nitrogens with zero attached hydrogens (tertiary/aromatic N) is 2. The fourth-order valence-corrected chi connectivity index (χ4v) is 1.73. The van der Waals surface area contributed by atoms with Crippen LogP contribution in [0.4, 0.5) is 0 Å². The third kappa shape index (κ3) is 5.63. The van der Waals surface area contributed by atoms with Gasteiger partial charge in [-0.25, -0.2) is 9.78 Å². The molecule has 0 aromatic carbocycles.